The van der Waals surface area contributed by atoms with Crippen molar-refractivity contribution < 1.29 is 31.8 Å². The molecule has 0 bridgehead atoms. The molecule has 1 fully saturated rings. The van der Waals surface area contributed by atoms with Gasteiger partial charge in [-0.2, -0.15) is 9.94 Å². The van der Waals surface area contributed by atoms with E-state index in [1.54, 1.807) is 18.2 Å². The van der Waals surface area contributed by atoms with E-state index in [1.807, 2.05) is 6.92 Å². The second kappa shape index (κ2) is 18.3. The van der Waals surface area contributed by atoms with Crippen molar-refractivity contribution in [3.8, 4) is 23.2 Å². The number of methoxy groups -OCH3 is 1. The predicted molar refractivity (Wildman–Crippen MR) is 228 cm³/mol. The van der Waals surface area contributed by atoms with Crippen molar-refractivity contribution in [2.75, 3.05) is 23.9 Å². The summed E-state index contributed by atoms with van der Waals surface area (Å²) in [5.41, 5.74) is 4.75. The van der Waals surface area contributed by atoms with Crippen molar-refractivity contribution >= 4 is 84.1 Å². The van der Waals surface area contributed by atoms with Gasteiger partial charge in [-0.05, 0) is 112 Å². The summed E-state index contributed by atoms with van der Waals surface area (Å²) < 4.78 is 13.2. The minimum Gasteiger partial charge on any atom is -1.00 e. The van der Waals surface area contributed by atoms with E-state index in [4.69, 9.17) is 29.7 Å². The number of carbonyl (C=O) groups is 3. The first-order chi connectivity index (χ1) is 27.1. The molecule has 3 unspecified atom stereocenters. The van der Waals surface area contributed by atoms with Gasteiger partial charge in [-0.1, -0.05) is 41.0 Å². The summed E-state index contributed by atoms with van der Waals surface area (Å²) in [6.45, 7) is 18.4. The molecule has 306 valence electrons. The fraction of sp³-hybridized carbons (Fsp3) is 0.523. The number of nitrogens with zero attached hydrogens (tertiary/aromatic N) is 6. The maximum atomic E-state index is 14.3. The van der Waals surface area contributed by atoms with Crippen molar-refractivity contribution in [2.24, 2.45) is 22.7 Å². The van der Waals surface area contributed by atoms with E-state index >= 15 is 0 Å². The molecular weight excluding hydrogens is 763 g/mol. The molecule has 14 heteroatoms. The van der Waals surface area contributed by atoms with E-state index in [2.05, 4.69) is 76.9 Å². The number of carboxylic acids is 1. The molecule has 2 aliphatic heterocycles. The number of carboxylic acid groups (broad SMARTS) is 1. The first-order valence-corrected chi connectivity index (χ1v) is 20.1. The number of amides is 1. The van der Waals surface area contributed by atoms with Crippen molar-refractivity contribution in [3.63, 3.8) is 0 Å². The second-order valence-electron chi connectivity index (χ2n) is 16.8. The zero-order valence-corrected chi connectivity index (χ0v) is 37.5. The standard InChI is InChI=1S/C44H55N7O6.Ca.2H/c1-10-11-16-50-34-19-25(3)32(21-30(34)28(6)22-44(50,7)8)47-41-31(23-45)38(43(55)57-39-26(4)17-24(2)18-27(39)5)42-48-40(49-51(41)42)29-12-13-35(56-9)33(20-29)46-36(52)14-15-37(53)54;;;/h12-13,19-21,24,26-28,39H,10-11,14-18,22H2,1-9H3,(H,46,52)(H,53,54);;;/q;+2;2*-1. The zero-order valence-electron chi connectivity index (χ0n) is 37.3. The molecule has 6 rings (SSSR count). The van der Waals surface area contributed by atoms with Gasteiger partial charge in [-0.15, -0.1) is 5.10 Å². The molecule has 0 saturated heterocycles. The molecule has 58 heavy (non-hydrogen) atoms. The van der Waals surface area contributed by atoms with Gasteiger partial charge in [0.1, 0.15) is 29.1 Å². The van der Waals surface area contributed by atoms with Crippen LogP contribution in [0.3, 0.4) is 0 Å². The third kappa shape index (κ3) is 9.14. The number of allylic oxidation sites excluding steroid dienone is 1. The number of anilines is 2. The fourth-order valence-corrected chi connectivity index (χ4v) is 9.06. The minimum atomic E-state index is -1.08. The number of benzene rings is 2. The summed E-state index contributed by atoms with van der Waals surface area (Å²) in [5, 5.41) is 27.3. The molecule has 2 aromatic carbocycles. The van der Waals surface area contributed by atoms with Gasteiger partial charge in [0.05, 0.1) is 24.9 Å². The largest absolute Gasteiger partial charge is 2.00 e. The van der Waals surface area contributed by atoms with Gasteiger partial charge in [0.2, 0.25) is 5.91 Å². The Labute approximate surface area is 374 Å². The third-order valence-corrected chi connectivity index (χ3v) is 11.7. The van der Waals surface area contributed by atoms with Gasteiger partial charge in [0.15, 0.2) is 17.5 Å². The number of ether oxygens (including phenoxy) is 2. The van der Waals surface area contributed by atoms with Crippen molar-refractivity contribution in [2.45, 2.75) is 118 Å². The number of aryl methyl sites for hydroxylation is 1. The van der Waals surface area contributed by atoms with Crippen LogP contribution in [0.2, 0.25) is 0 Å². The zero-order chi connectivity index (χ0) is 41.3. The topological polar surface area (TPSA) is 172 Å². The first kappa shape index (κ1) is 44.8. The molecule has 0 radical (unpaired) electrons. The molecule has 3 atom stereocenters. The Hall–Kier alpha value is -4.25. The molecular formula is C44H57CaN7O6. The van der Waals surface area contributed by atoms with Crippen molar-refractivity contribution in [3.05, 3.63) is 52.9 Å². The summed E-state index contributed by atoms with van der Waals surface area (Å²) >= 11 is 0. The number of nitriles is 1. The monoisotopic (exact) mass is 819 g/mol. The SMILES string of the molecule is CCCCN1c2cc(C)c(N=C3C(C#N)=C(C(=O)OC4C(C)CC(C)CC4C)c4nc(-c5ccc(OC)c(NC(=O)CCC(=O)O)c5)nn43)cc2C(C)CC1(C)C.[Ca+2].[H-].[H-]. The molecule has 13 nitrogen and oxygen atoms in total. The molecule has 1 amide bonds. The van der Waals surface area contributed by atoms with Gasteiger partial charge in [-0.25, -0.2) is 14.8 Å². The Kier molecular flexibility index (Phi) is 14.2. The average molecular weight is 820 g/mol. The van der Waals surface area contributed by atoms with E-state index < -0.39 is 17.8 Å². The number of rotatable bonds is 12. The van der Waals surface area contributed by atoms with Crippen LogP contribution in [0.1, 0.15) is 119 Å². The molecule has 1 saturated carbocycles. The number of aromatic nitrogens is 3. The van der Waals surface area contributed by atoms with Crippen molar-refractivity contribution in [1.82, 2.24) is 14.8 Å². The van der Waals surface area contributed by atoms with Crippen LogP contribution >= 0.6 is 0 Å². The third-order valence-electron chi connectivity index (χ3n) is 11.7. The van der Waals surface area contributed by atoms with Crippen LogP contribution in [0.5, 0.6) is 5.75 Å². The van der Waals surface area contributed by atoms with E-state index in [-0.39, 0.29) is 111 Å². The van der Waals surface area contributed by atoms with E-state index in [0.717, 1.165) is 44.2 Å². The van der Waals surface area contributed by atoms with Crippen LogP contribution in [-0.2, 0) is 19.1 Å². The number of hydrogen-bond acceptors (Lipinski definition) is 10. The number of fused-ring (bicyclic) bond motifs is 2. The van der Waals surface area contributed by atoms with Crippen LogP contribution < -0.4 is 15.0 Å². The van der Waals surface area contributed by atoms with Gasteiger partial charge in [0.25, 0.3) is 0 Å². The Morgan fingerprint density at radius 2 is 1.81 bits per heavy atom. The molecule has 1 aliphatic carbocycles. The van der Waals surface area contributed by atoms with Gasteiger partial charge < -0.3 is 27.7 Å². The van der Waals surface area contributed by atoms with E-state index in [9.17, 15) is 19.6 Å². The van der Waals surface area contributed by atoms with Gasteiger partial charge in [-0.3, -0.25) is 9.59 Å². The quantitative estimate of drug-likeness (QED) is 0.134. The number of unbranched alkanes of at least 4 members (excludes halogenated alkanes) is 1. The molecule has 3 aliphatic rings. The Bertz CT molecular complexity index is 2190. The maximum absolute atomic E-state index is 14.3. The Morgan fingerprint density at radius 1 is 1.10 bits per heavy atom. The molecule has 3 heterocycles. The normalized spacial score (nSPS) is 22.7. The average Bonchev–Trinajstić information content (AvgIpc) is 3.69. The summed E-state index contributed by atoms with van der Waals surface area (Å²) in [7, 11) is 1.46. The minimum absolute atomic E-state index is 0. The van der Waals surface area contributed by atoms with Gasteiger partial charge in [0, 0.05) is 29.8 Å². The van der Waals surface area contributed by atoms with Crippen molar-refractivity contribution in [1.29, 1.82) is 5.26 Å². The summed E-state index contributed by atoms with van der Waals surface area (Å²) in [6, 6.07) is 11.5. The maximum Gasteiger partial charge on any atom is 2.00 e. The Balaban J connectivity index is 0.00000320. The smallest absolute Gasteiger partial charge is 1.00 e. The molecule has 0 spiro atoms. The van der Waals surface area contributed by atoms with Crippen LogP contribution in [-0.4, -0.2) is 107 Å². The summed E-state index contributed by atoms with van der Waals surface area (Å²) in [4.78, 5) is 50.5. The van der Waals surface area contributed by atoms with Crippen LogP contribution in [0.4, 0.5) is 17.1 Å². The van der Waals surface area contributed by atoms with E-state index in [1.165, 1.54) is 23.0 Å². The number of hydrogen-bond donors (Lipinski definition) is 2. The second-order valence-corrected chi connectivity index (χ2v) is 16.8. The molecule has 2 N–H and O–H groups in total. The van der Waals surface area contributed by atoms with Crippen LogP contribution in [0, 0.1) is 36.0 Å². The van der Waals surface area contributed by atoms with Crippen LogP contribution in [0.15, 0.2) is 40.9 Å². The number of esters is 1. The van der Waals surface area contributed by atoms with Crippen LogP contribution in [0.25, 0.3) is 17.0 Å². The summed E-state index contributed by atoms with van der Waals surface area (Å²) in [6.07, 6.45) is 4.11. The number of aliphatic carboxylic acids is 1. The fourth-order valence-electron chi connectivity index (χ4n) is 9.06. The van der Waals surface area contributed by atoms with E-state index in [0.29, 0.717) is 28.6 Å². The number of nitrogens with one attached hydrogen (secondary N) is 1. The molecule has 1 aromatic heterocycles. The number of carbonyl (C=O) groups excluding carboxylic acids is 2. The number of aliphatic imine (C=N–C) groups is 1. The predicted octanol–water partition coefficient (Wildman–Crippen LogP) is 8.28. The Morgan fingerprint density at radius 3 is 2.45 bits per heavy atom. The van der Waals surface area contributed by atoms with Gasteiger partial charge >= 0.3 is 49.7 Å². The summed E-state index contributed by atoms with van der Waals surface area (Å²) in [5.74, 6) is -0.333. The first-order valence-electron chi connectivity index (χ1n) is 20.1. The molecule has 3 aromatic rings.